The zero-order chi connectivity index (χ0) is 13.7. The van der Waals surface area contributed by atoms with Crippen LogP contribution in [0.15, 0.2) is 24.3 Å². The van der Waals surface area contributed by atoms with Crippen LogP contribution < -0.4 is 11.3 Å². The molecule has 2 unspecified atom stereocenters. The second-order valence-electron chi connectivity index (χ2n) is 5.98. The maximum absolute atomic E-state index is 5.73. The van der Waals surface area contributed by atoms with E-state index >= 15 is 0 Å². The first-order valence-electron chi connectivity index (χ1n) is 7.39. The van der Waals surface area contributed by atoms with E-state index in [0.717, 1.165) is 19.4 Å². The Balaban J connectivity index is 1.98. The summed E-state index contributed by atoms with van der Waals surface area (Å²) >= 11 is 0. The van der Waals surface area contributed by atoms with Gasteiger partial charge in [0, 0.05) is 6.04 Å². The number of nitrogens with one attached hydrogen (secondary N) is 1. The summed E-state index contributed by atoms with van der Waals surface area (Å²) in [7, 11) is 4.23. The van der Waals surface area contributed by atoms with Gasteiger partial charge < -0.3 is 4.90 Å². The van der Waals surface area contributed by atoms with E-state index in [4.69, 9.17) is 5.84 Å². The van der Waals surface area contributed by atoms with E-state index in [0.29, 0.717) is 12.0 Å². The minimum absolute atomic E-state index is 0.415. The first-order valence-corrected chi connectivity index (χ1v) is 7.39. The Morgan fingerprint density at radius 3 is 2.89 bits per heavy atom. The molecule has 0 aliphatic heterocycles. The van der Waals surface area contributed by atoms with Crippen molar-refractivity contribution in [1.29, 1.82) is 0 Å². The predicted octanol–water partition coefficient (Wildman–Crippen LogP) is 2.28. The first-order chi connectivity index (χ1) is 9.20. The van der Waals surface area contributed by atoms with Crippen LogP contribution in [0.4, 0.5) is 0 Å². The van der Waals surface area contributed by atoms with Crippen LogP contribution in [0, 0.1) is 0 Å². The summed E-state index contributed by atoms with van der Waals surface area (Å²) < 4.78 is 0. The molecule has 0 aromatic heterocycles. The van der Waals surface area contributed by atoms with Gasteiger partial charge in [-0.1, -0.05) is 24.3 Å². The molecule has 0 radical (unpaired) electrons. The topological polar surface area (TPSA) is 41.3 Å². The number of nitrogens with zero attached hydrogens (tertiary/aromatic N) is 1. The number of benzene rings is 1. The minimum Gasteiger partial charge on any atom is -0.309 e. The van der Waals surface area contributed by atoms with Gasteiger partial charge in [0.15, 0.2) is 0 Å². The fourth-order valence-corrected chi connectivity index (χ4v) is 3.13. The van der Waals surface area contributed by atoms with E-state index in [2.05, 4.69) is 48.7 Å². The molecule has 1 aliphatic carbocycles. The van der Waals surface area contributed by atoms with Gasteiger partial charge in [0.2, 0.25) is 0 Å². The Morgan fingerprint density at radius 1 is 1.37 bits per heavy atom. The third kappa shape index (κ3) is 4.03. The van der Waals surface area contributed by atoms with E-state index in [9.17, 15) is 0 Å². The normalized spacial score (nSPS) is 20.3. The molecule has 0 amide bonds. The summed E-state index contributed by atoms with van der Waals surface area (Å²) in [5.74, 6) is 6.40. The minimum atomic E-state index is 0.415. The lowest BCUT2D eigenvalue weighted by molar-refractivity contribution is 0.332. The molecular weight excluding hydrogens is 234 g/mol. The Bertz CT molecular complexity index is 389. The van der Waals surface area contributed by atoms with E-state index in [-0.39, 0.29) is 0 Å². The molecule has 0 saturated heterocycles. The lowest BCUT2D eigenvalue weighted by Gasteiger charge is -2.29. The van der Waals surface area contributed by atoms with Crippen LogP contribution in [0.5, 0.6) is 0 Å². The SMILES string of the molecule is CN(C)CCC(CC1CCCc2ccccc21)NN. The van der Waals surface area contributed by atoms with Crippen molar-refractivity contribution in [3.8, 4) is 0 Å². The number of nitrogens with two attached hydrogens (primary N) is 1. The molecule has 0 spiro atoms. The molecule has 3 N–H and O–H groups in total. The molecule has 3 heteroatoms. The number of fused-ring (bicyclic) bond motifs is 1. The van der Waals surface area contributed by atoms with Gasteiger partial charge in [-0.25, -0.2) is 0 Å². The van der Waals surface area contributed by atoms with Crippen LogP contribution >= 0.6 is 0 Å². The molecule has 3 nitrogen and oxygen atoms in total. The molecule has 0 heterocycles. The van der Waals surface area contributed by atoms with Crippen molar-refractivity contribution in [2.45, 2.75) is 44.1 Å². The molecule has 1 aromatic carbocycles. The smallest absolute Gasteiger partial charge is 0.0228 e. The molecule has 19 heavy (non-hydrogen) atoms. The second kappa shape index (κ2) is 7.04. The quantitative estimate of drug-likeness (QED) is 0.610. The number of hydrazine groups is 1. The molecule has 1 aliphatic rings. The van der Waals surface area contributed by atoms with Crippen molar-refractivity contribution in [3.63, 3.8) is 0 Å². The number of hydrogen-bond donors (Lipinski definition) is 2. The van der Waals surface area contributed by atoms with Crippen molar-refractivity contribution in [3.05, 3.63) is 35.4 Å². The molecule has 0 fully saturated rings. The summed E-state index contributed by atoms with van der Waals surface area (Å²) in [5, 5.41) is 0. The highest BCUT2D eigenvalue weighted by Gasteiger charge is 2.22. The van der Waals surface area contributed by atoms with E-state index in [1.807, 2.05) is 0 Å². The lowest BCUT2D eigenvalue weighted by atomic mass is 9.79. The van der Waals surface area contributed by atoms with E-state index in [1.165, 1.54) is 19.3 Å². The third-order valence-electron chi connectivity index (χ3n) is 4.22. The summed E-state index contributed by atoms with van der Waals surface area (Å²) in [6.45, 7) is 1.09. The van der Waals surface area contributed by atoms with Gasteiger partial charge in [-0.3, -0.25) is 11.3 Å². The average Bonchev–Trinajstić information content (AvgIpc) is 2.43. The third-order valence-corrected chi connectivity index (χ3v) is 4.22. The van der Waals surface area contributed by atoms with Gasteiger partial charge in [0.25, 0.3) is 0 Å². The van der Waals surface area contributed by atoms with Crippen LogP contribution in [0.25, 0.3) is 0 Å². The van der Waals surface area contributed by atoms with Crippen molar-refractivity contribution in [2.75, 3.05) is 20.6 Å². The number of aryl methyl sites for hydroxylation is 1. The van der Waals surface area contributed by atoms with E-state index < -0.39 is 0 Å². The predicted molar refractivity (Wildman–Crippen MR) is 81.0 cm³/mol. The van der Waals surface area contributed by atoms with Gasteiger partial charge in [-0.15, -0.1) is 0 Å². The molecule has 2 rings (SSSR count). The second-order valence-corrected chi connectivity index (χ2v) is 5.98. The Morgan fingerprint density at radius 2 is 2.16 bits per heavy atom. The summed E-state index contributed by atoms with van der Waals surface area (Å²) in [6.07, 6.45) is 6.12. The largest absolute Gasteiger partial charge is 0.309 e. The van der Waals surface area contributed by atoms with E-state index in [1.54, 1.807) is 11.1 Å². The molecule has 106 valence electrons. The maximum Gasteiger partial charge on any atom is 0.0228 e. The molecule has 2 atom stereocenters. The van der Waals surface area contributed by atoms with Gasteiger partial charge in [-0.2, -0.15) is 0 Å². The Kier molecular flexibility index (Phi) is 5.37. The molecule has 1 aromatic rings. The highest BCUT2D eigenvalue weighted by atomic mass is 15.2. The number of hydrogen-bond acceptors (Lipinski definition) is 3. The van der Waals surface area contributed by atoms with Crippen LogP contribution in [0.1, 0.15) is 42.7 Å². The van der Waals surface area contributed by atoms with Crippen LogP contribution in [-0.2, 0) is 6.42 Å². The zero-order valence-corrected chi connectivity index (χ0v) is 12.2. The monoisotopic (exact) mass is 261 g/mol. The van der Waals surface area contributed by atoms with Gasteiger partial charge in [-0.05, 0) is 69.8 Å². The zero-order valence-electron chi connectivity index (χ0n) is 12.2. The van der Waals surface area contributed by atoms with Gasteiger partial charge in [0.05, 0.1) is 0 Å². The molecule has 0 bridgehead atoms. The van der Waals surface area contributed by atoms with Gasteiger partial charge >= 0.3 is 0 Å². The Hall–Kier alpha value is -0.900. The van der Waals surface area contributed by atoms with Crippen molar-refractivity contribution in [2.24, 2.45) is 5.84 Å². The maximum atomic E-state index is 5.73. The Labute approximate surface area is 117 Å². The highest BCUT2D eigenvalue weighted by Crippen LogP contribution is 2.34. The van der Waals surface area contributed by atoms with Crippen molar-refractivity contribution in [1.82, 2.24) is 10.3 Å². The van der Waals surface area contributed by atoms with Crippen LogP contribution in [-0.4, -0.2) is 31.6 Å². The van der Waals surface area contributed by atoms with Gasteiger partial charge in [0.1, 0.15) is 0 Å². The summed E-state index contributed by atoms with van der Waals surface area (Å²) in [4.78, 5) is 2.22. The first kappa shape index (κ1) is 14.5. The summed E-state index contributed by atoms with van der Waals surface area (Å²) in [6, 6.07) is 9.33. The summed E-state index contributed by atoms with van der Waals surface area (Å²) in [5.41, 5.74) is 6.11. The number of rotatable bonds is 6. The van der Waals surface area contributed by atoms with Crippen LogP contribution in [0.2, 0.25) is 0 Å². The highest BCUT2D eigenvalue weighted by molar-refractivity contribution is 5.32. The average molecular weight is 261 g/mol. The van der Waals surface area contributed by atoms with Crippen molar-refractivity contribution < 1.29 is 0 Å². The molecular formula is C16H27N3. The lowest BCUT2D eigenvalue weighted by Crippen LogP contribution is -2.38. The fourth-order valence-electron chi connectivity index (χ4n) is 3.13. The standard InChI is InChI=1S/C16H27N3/c1-19(2)11-10-15(18-17)12-14-8-5-7-13-6-3-4-9-16(13)14/h3-4,6,9,14-15,18H,5,7-8,10-12,17H2,1-2H3. The molecule has 0 saturated carbocycles. The fraction of sp³-hybridized carbons (Fsp3) is 0.625. The van der Waals surface area contributed by atoms with Crippen LogP contribution in [0.3, 0.4) is 0 Å². The van der Waals surface area contributed by atoms with Crippen molar-refractivity contribution >= 4 is 0 Å².